The van der Waals surface area contributed by atoms with Gasteiger partial charge in [-0.3, -0.25) is 4.79 Å². The molecular weight excluding hydrogens is 254 g/mol. The monoisotopic (exact) mass is 277 g/mol. The lowest BCUT2D eigenvalue weighted by molar-refractivity contribution is -0.142. The second kappa shape index (κ2) is 7.22. The lowest BCUT2D eigenvalue weighted by Gasteiger charge is -2.21. The Bertz CT molecular complexity index is 462. The zero-order valence-electron chi connectivity index (χ0n) is 12.4. The van der Waals surface area contributed by atoms with Crippen LogP contribution in [0, 0.1) is 0 Å². The zero-order valence-corrected chi connectivity index (χ0v) is 12.4. The summed E-state index contributed by atoms with van der Waals surface area (Å²) in [5.74, 6) is 0.820. The van der Waals surface area contributed by atoms with Crippen LogP contribution in [0.5, 0.6) is 0 Å². The van der Waals surface area contributed by atoms with Gasteiger partial charge in [0.15, 0.2) is 0 Å². The third-order valence-corrected chi connectivity index (χ3v) is 3.67. The molecular formula is C15H23N3O2. The third kappa shape index (κ3) is 3.68. The van der Waals surface area contributed by atoms with Crippen LogP contribution in [-0.4, -0.2) is 36.1 Å². The average Bonchev–Trinajstić information content (AvgIpc) is 2.70. The van der Waals surface area contributed by atoms with E-state index in [1.54, 1.807) is 6.33 Å². The fourth-order valence-electron chi connectivity index (χ4n) is 2.61. The summed E-state index contributed by atoms with van der Waals surface area (Å²) in [6, 6.07) is 0. The van der Waals surface area contributed by atoms with Crippen molar-refractivity contribution in [1.29, 1.82) is 0 Å². The van der Waals surface area contributed by atoms with Gasteiger partial charge in [0.2, 0.25) is 0 Å². The van der Waals surface area contributed by atoms with E-state index in [0.29, 0.717) is 19.6 Å². The van der Waals surface area contributed by atoms with Gasteiger partial charge in [-0.1, -0.05) is 6.42 Å². The summed E-state index contributed by atoms with van der Waals surface area (Å²) >= 11 is 0. The minimum atomic E-state index is -0.153. The Balaban J connectivity index is 2.06. The highest BCUT2D eigenvalue weighted by atomic mass is 16.5. The molecule has 0 amide bonds. The largest absolute Gasteiger partial charge is 0.466 e. The van der Waals surface area contributed by atoms with Crippen LogP contribution in [-0.2, 0) is 22.4 Å². The summed E-state index contributed by atoms with van der Waals surface area (Å²) in [4.78, 5) is 22.3. The van der Waals surface area contributed by atoms with Gasteiger partial charge in [0.1, 0.15) is 12.1 Å². The van der Waals surface area contributed by atoms with E-state index in [1.807, 2.05) is 18.9 Å². The topological polar surface area (TPSA) is 55.3 Å². The van der Waals surface area contributed by atoms with Crippen molar-refractivity contribution < 1.29 is 9.53 Å². The molecule has 5 heteroatoms. The van der Waals surface area contributed by atoms with E-state index in [-0.39, 0.29) is 5.97 Å². The minimum absolute atomic E-state index is 0.153. The van der Waals surface area contributed by atoms with Gasteiger partial charge in [-0.2, -0.15) is 0 Å². The Morgan fingerprint density at radius 2 is 2.10 bits per heavy atom. The Kier molecular flexibility index (Phi) is 5.32. The van der Waals surface area contributed by atoms with Gasteiger partial charge in [-0.15, -0.1) is 0 Å². The molecule has 0 bridgehead atoms. The molecule has 2 rings (SSSR count). The number of nitrogens with zero attached hydrogens (tertiary/aromatic N) is 3. The Hall–Kier alpha value is -1.65. The molecule has 0 saturated carbocycles. The Morgan fingerprint density at radius 1 is 1.30 bits per heavy atom. The van der Waals surface area contributed by atoms with Crippen LogP contribution in [0.3, 0.4) is 0 Å². The third-order valence-electron chi connectivity index (χ3n) is 3.67. The number of ether oxygens (including phenoxy) is 1. The standard InChI is InChI=1S/C15H23N3O2/c1-3-20-14(19)9-10-18(2)15-12-7-5-4-6-8-13(12)16-11-17-15/h11H,3-10H2,1-2H3. The maximum absolute atomic E-state index is 11.4. The number of aromatic nitrogens is 2. The second-order valence-corrected chi connectivity index (χ2v) is 5.16. The van der Waals surface area contributed by atoms with Gasteiger partial charge in [0.25, 0.3) is 0 Å². The van der Waals surface area contributed by atoms with Crippen molar-refractivity contribution >= 4 is 11.8 Å². The Labute approximate surface area is 120 Å². The molecule has 5 nitrogen and oxygen atoms in total. The summed E-state index contributed by atoms with van der Waals surface area (Å²) in [6.45, 7) is 2.89. The molecule has 1 aliphatic rings. The molecule has 1 aromatic rings. The highest BCUT2D eigenvalue weighted by molar-refractivity contribution is 5.70. The van der Waals surface area contributed by atoms with Crippen molar-refractivity contribution in [3.05, 3.63) is 17.6 Å². The number of carbonyl (C=O) groups is 1. The van der Waals surface area contributed by atoms with Crippen molar-refractivity contribution in [3.8, 4) is 0 Å². The number of hydrogen-bond donors (Lipinski definition) is 0. The summed E-state index contributed by atoms with van der Waals surface area (Å²) < 4.78 is 4.96. The molecule has 0 radical (unpaired) electrons. The zero-order chi connectivity index (χ0) is 14.4. The lowest BCUT2D eigenvalue weighted by atomic mass is 10.1. The number of anilines is 1. The van der Waals surface area contributed by atoms with Crippen LogP contribution in [0.4, 0.5) is 5.82 Å². The van der Waals surface area contributed by atoms with Crippen LogP contribution in [0.25, 0.3) is 0 Å². The molecule has 1 heterocycles. The number of hydrogen-bond acceptors (Lipinski definition) is 5. The van der Waals surface area contributed by atoms with E-state index in [2.05, 4.69) is 9.97 Å². The number of fused-ring (bicyclic) bond motifs is 1. The molecule has 0 atom stereocenters. The molecule has 0 fully saturated rings. The number of esters is 1. The molecule has 0 unspecified atom stereocenters. The van der Waals surface area contributed by atoms with Crippen LogP contribution >= 0.6 is 0 Å². The van der Waals surface area contributed by atoms with Gasteiger partial charge in [-0.05, 0) is 32.6 Å². The first-order chi connectivity index (χ1) is 9.72. The first-order valence-corrected chi connectivity index (χ1v) is 7.42. The lowest BCUT2D eigenvalue weighted by Crippen LogP contribution is -2.24. The van der Waals surface area contributed by atoms with Crippen molar-refractivity contribution in [2.45, 2.75) is 45.4 Å². The fraction of sp³-hybridized carbons (Fsp3) is 0.667. The summed E-state index contributed by atoms with van der Waals surface area (Å²) in [7, 11) is 1.98. The molecule has 0 aromatic carbocycles. The molecule has 0 aliphatic heterocycles. The number of aryl methyl sites for hydroxylation is 1. The molecule has 1 aromatic heterocycles. The highest BCUT2D eigenvalue weighted by Gasteiger charge is 2.17. The first-order valence-electron chi connectivity index (χ1n) is 7.42. The predicted octanol–water partition coefficient (Wildman–Crippen LogP) is 2.13. The number of carbonyl (C=O) groups excluding carboxylic acids is 1. The SMILES string of the molecule is CCOC(=O)CCN(C)c1ncnc2c1CCCCC2. The van der Waals surface area contributed by atoms with E-state index in [9.17, 15) is 4.79 Å². The van der Waals surface area contributed by atoms with Crippen molar-refractivity contribution in [1.82, 2.24) is 9.97 Å². The van der Waals surface area contributed by atoms with Crippen LogP contribution in [0.2, 0.25) is 0 Å². The smallest absolute Gasteiger partial charge is 0.307 e. The predicted molar refractivity (Wildman–Crippen MR) is 77.8 cm³/mol. The van der Waals surface area contributed by atoms with Crippen LogP contribution in [0.1, 0.15) is 43.9 Å². The van der Waals surface area contributed by atoms with Gasteiger partial charge in [-0.25, -0.2) is 9.97 Å². The molecule has 1 aliphatic carbocycles. The molecule has 0 spiro atoms. The normalized spacial score (nSPS) is 14.3. The number of rotatable bonds is 5. The highest BCUT2D eigenvalue weighted by Crippen LogP contribution is 2.25. The van der Waals surface area contributed by atoms with E-state index < -0.39 is 0 Å². The molecule has 110 valence electrons. The fourth-order valence-corrected chi connectivity index (χ4v) is 2.61. The first kappa shape index (κ1) is 14.8. The van der Waals surface area contributed by atoms with E-state index in [4.69, 9.17) is 4.74 Å². The molecule has 20 heavy (non-hydrogen) atoms. The second-order valence-electron chi connectivity index (χ2n) is 5.16. The summed E-state index contributed by atoms with van der Waals surface area (Å²) in [6.07, 6.45) is 7.76. The summed E-state index contributed by atoms with van der Waals surface area (Å²) in [5, 5.41) is 0. The van der Waals surface area contributed by atoms with Crippen LogP contribution < -0.4 is 4.90 Å². The van der Waals surface area contributed by atoms with E-state index >= 15 is 0 Å². The van der Waals surface area contributed by atoms with E-state index in [1.165, 1.54) is 30.5 Å². The quantitative estimate of drug-likeness (QED) is 0.609. The van der Waals surface area contributed by atoms with Gasteiger partial charge < -0.3 is 9.64 Å². The van der Waals surface area contributed by atoms with Crippen LogP contribution in [0.15, 0.2) is 6.33 Å². The van der Waals surface area contributed by atoms with Gasteiger partial charge in [0.05, 0.1) is 13.0 Å². The average molecular weight is 277 g/mol. The van der Waals surface area contributed by atoms with Gasteiger partial charge in [0, 0.05) is 24.8 Å². The van der Waals surface area contributed by atoms with Crippen molar-refractivity contribution in [2.24, 2.45) is 0 Å². The van der Waals surface area contributed by atoms with E-state index in [0.717, 1.165) is 18.7 Å². The van der Waals surface area contributed by atoms with Gasteiger partial charge >= 0.3 is 5.97 Å². The Morgan fingerprint density at radius 3 is 2.90 bits per heavy atom. The maximum atomic E-state index is 11.4. The van der Waals surface area contributed by atoms with Crippen molar-refractivity contribution in [3.63, 3.8) is 0 Å². The summed E-state index contributed by atoms with van der Waals surface area (Å²) in [5.41, 5.74) is 2.44. The minimum Gasteiger partial charge on any atom is -0.466 e. The maximum Gasteiger partial charge on any atom is 0.307 e. The molecule has 0 saturated heterocycles. The van der Waals surface area contributed by atoms with Crippen molar-refractivity contribution in [2.75, 3.05) is 25.1 Å². The molecule has 0 N–H and O–H groups in total.